The van der Waals surface area contributed by atoms with Crippen molar-refractivity contribution in [1.82, 2.24) is 14.7 Å². The second-order valence-corrected chi connectivity index (χ2v) is 5.92. The Hall–Kier alpha value is -1.36. The third kappa shape index (κ3) is 2.27. The minimum Gasteiger partial charge on any atom is -0.340 e. The number of carbonyl (C=O) groups is 1. The van der Waals surface area contributed by atoms with E-state index in [2.05, 4.69) is 5.10 Å². The third-order valence-corrected chi connectivity index (χ3v) is 4.74. The SMILES string of the molecule is CC(C(=O)N1CC2CCCC(N)C2C1)n1cccn1. The number of hydrogen-bond donors (Lipinski definition) is 1. The molecule has 2 heterocycles. The van der Waals surface area contributed by atoms with Gasteiger partial charge in [0.15, 0.2) is 0 Å². The van der Waals surface area contributed by atoms with E-state index < -0.39 is 0 Å². The minimum atomic E-state index is -0.216. The fourth-order valence-corrected chi connectivity index (χ4v) is 3.58. The number of amides is 1. The lowest BCUT2D eigenvalue weighted by Crippen LogP contribution is -2.39. The van der Waals surface area contributed by atoms with E-state index in [4.69, 9.17) is 5.73 Å². The van der Waals surface area contributed by atoms with E-state index in [0.29, 0.717) is 11.8 Å². The topological polar surface area (TPSA) is 64.2 Å². The normalized spacial score (nSPS) is 32.1. The van der Waals surface area contributed by atoms with Gasteiger partial charge in [-0.15, -0.1) is 0 Å². The Balaban J connectivity index is 1.69. The maximum Gasteiger partial charge on any atom is 0.247 e. The Labute approximate surface area is 113 Å². The molecule has 0 radical (unpaired) electrons. The van der Waals surface area contributed by atoms with Gasteiger partial charge in [-0.25, -0.2) is 0 Å². The van der Waals surface area contributed by atoms with Crippen LogP contribution in [-0.4, -0.2) is 39.7 Å². The zero-order chi connectivity index (χ0) is 13.4. The van der Waals surface area contributed by atoms with Gasteiger partial charge in [-0.1, -0.05) is 6.42 Å². The second-order valence-electron chi connectivity index (χ2n) is 5.92. The molecule has 0 spiro atoms. The molecule has 1 aliphatic heterocycles. The molecule has 1 aromatic rings. The van der Waals surface area contributed by atoms with Gasteiger partial charge in [-0.3, -0.25) is 9.48 Å². The van der Waals surface area contributed by atoms with Gasteiger partial charge in [0, 0.05) is 31.5 Å². The van der Waals surface area contributed by atoms with Crippen LogP contribution >= 0.6 is 0 Å². The molecule has 1 saturated carbocycles. The zero-order valence-corrected chi connectivity index (χ0v) is 11.4. The smallest absolute Gasteiger partial charge is 0.247 e. The second kappa shape index (κ2) is 4.96. The summed E-state index contributed by atoms with van der Waals surface area (Å²) < 4.78 is 1.73. The average molecular weight is 262 g/mol. The van der Waals surface area contributed by atoms with Crippen LogP contribution in [0.1, 0.15) is 32.2 Å². The largest absolute Gasteiger partial charge is 0.340 e. The fraction of sp³-hybridized carbons (Fsp3) is 0.714. The average Bonchev–Trinajstić information content (AvgIpc) is 3.06. The molecule has 0 bridgehead atoms. The van der Waals surface area contributed by atoms with E-state index in [1.807, 2.05) is 24.1 Å². The van der Waals surface area contributed by atoms with Crippen molar-refractivity contribution in [2.75, 3.05) is 13.1 Å². The van der Waals surface area contributed by atoms with Crippen molar-refractivity contribution >= 4 is 5.91 Å². The predicted molar refractivity (Wildman–Crippen MR) is 72.3 cm³/mol. The van der Waals surface area contributed by atoms with Crippen molar-refractivity contribution in [2.24, 2.45) is 17.6 Å². The van der Waals surface area contributed by atoms with Gasteiger partial charge in [0.25, 0.3) is 0 Å². The standard InChI is InChI=1S/C14H22N4O/c1-10(18-7-3-6-16-18)14(19)17-8-11-4-2-5-13(15)12(11)9-17/h3,6-7,10-13H,2,4-5,8-9,15H2,1H3. The summed E-state index contributed by atoms with van der Waals surface area (Å²) in [6.45, 7) is 3.62. The van der Waals surface area contributed by atoms with Crippen molar-refractivity contribution in [3.05, 3.63) is 18.5 Å². The summed E-state index contributed by atoms with van der Waals surface area (Å²) in [7, 11) is 0. The molecule has 0 aromatic carbocycles. The van der Waals surface area contributed by atoms with Crippen LogP contribution in [0.2, 0.25) is 0 Å². The molecule has 4 unspecified atom stereocenters. The van der Waals surface area contributed by atoms with E-state index in [1.165, 1.54) is 12.8 Å². The lowest BCUT2D eigenvalue weighted by molar-refractivity contribution is -0.133. The Morgan fingerprint density at radius 1 is 1.42 bits per heavy atom. The first-order valence-electron chi connectivity index (χ1n) is 7.20. The van der Waals surface area contributed by atoms with E-state index in [-0.39, 0.29) is 18.0 Å². The molecule has 2 fully saturated rings. The monoisotopic (exact) mass is 262 g/mol. The number of nitrogens with zero attached hydrogens (tertiary/aromatic N) is 3. The maximum atomic E-state index is 12.5. The molecule has 5 nitrogen and oxygen atoms in total. The first-order valence-corrected chi connectivity index (χ1v) is 7.20. The molecular formula is C14H22N4O. The summed E-state index contributed by atoms with van der Waals surface area (Å²) in [5, 5.41) is 4.16. The van der Waals surface area contributed by atoms with Crippen molar-refractivity contribution in [3.8, 4) is 0 Å². The molecule has 2 aliphatic rings. The summed E-state index contributed by atoms with van der Waals surface area (Å²) in [6.07, 6.45) is 7.09. The molecule has 1 amide bonds. The van der Waals surface area contributed by atoms with E-state index >= 15 is 0 Å². The molecule has 19 heavy (non-hydrogen) atoms. The lowest BCUT2D eigenvalue weighted by Gasteiger charge is -2.29. The summed E-state index contributed by atoms with van der Waals surface area (Å²) in [5.41, 5.74) is 6.20. The van der Waals surface area contributed by atoms with Gasteiger partial charge in [0.05, 0.1) is 0 Å². The van der Waals surface area contributed by atoms with Gasteiger partial charge in [-0.05, 0) is 37.7 Å². The van der Waals surface area contributed by atoms with Crippen LogP contribution in [0.5, 0.6) is 0 Å². The van der Waals surface area contributed by atoms with Crippen LogP contribution in [0.4, 0.5) is 0 Å². The number of fused-ring (bicyclic) bond motifs is 1. The number of carbonyl (C=O) groups excluding carboxylic acids is 1. The third-order valence-electron chi connectivity index (χ3n) is 4.74. The lowest BCUT2D eigenvalue weighted by atomic mass is 9.78. The van der Waals surface area contributed by atoms with Crippen molar-refractivity contribution in [1.29, 1.82) is 0 Å². The van der Waals surface area contributed by atoms with Crippen LogP contribution in [-0.2, 0) is 4.79 Å². The molecule has 1 aromatic heterocycles. The first-order chi connectivity index (χ1) is 9.16. The van der Waals surface area contributed by atoms with Gasteiger partial charge in [0.2, 0.25) is 5.91 Å². The number of hydrogen-bond acceptors (Lipinski definition) is 3. The Morgan fingerprint density at radius 3 is 2.95 bits per heavy atom. The first kappa shape index (κ1) is 12.7. The fourth-order valence-electron chi connectivity index (χ4n) is 3.58. The zero-order valence-electron chi connectivity index (χ0n) is 11.4. The molecule has 104 valence electrons. The van der Waals surface area contributed by atoms with Crippen molar-refractivity contribution in [2.45, 2.75) is 38.3 Å². The summed E-state index contributed by atoms with van der Waals surface area (Å²) in [5.74, 6) is 1.28. The van der Waals surface area contributed by atoms with E-state index in [0.717, 1.165) is 19.5 Å². The van der Waals surface area contributed by atoms with Crippen LogP contribution in [0.15, 0.2) is 18.5 Å². The van der Waals surface area contributed by atoms with Crippen LogP contribution < -0.4 is 5.73 Å². The highest BCUT2D eigenvalue weighted by Crippen LogP contribution is 2.36. The van der Waals surface area contributed by atoms with Crippen molar-refractivity contribution < 1.29 is 4.79 Å². The Morgan fingerprint density at radius 2 is 2.26 bits per heavy atom. The molecule has 2 N–H and O–H groups in total. The minimum absolute atomic E-state index is 0.172. The number of rotatable bonds is 2. The highest BCUT2D eigenvalue weighted by atomic mass is 16.2. The maximum absolute atomic E-state index is 12.5. The summed E-state index contributed by atoms with van der Waals surface area (Å²) in [4.78, 5) is 14.5. The van der Waals surface area contributed by atoms with Crippen molar-refractivity contribution in [3.63, 3.8) is 0 Å². The van der Waals surface area contributed by atoms with E-state index in [9.17, 15) is 4.79 Å². The highest BCUT2D eigenvalue weighted by molar-refractivity contribution is 5.80. The molecule has 1 saturated heterocycles. The van der Waals surface area contributed by atoms with Gasteiger partial charge < -0.3 is 10.6 Å². The Kier molecular flexibility index (Phi) is 3.31. The molecule has 1 aliphatic carbocycles. The number of nitrogens with two attached hydrogens (primary N) is 1. The molecular weight excluding hydrogens is 240 g/mol. The molecule has 4 atom stereocenters. The number of likely N-dealkylation sites (tertiary alicyclic amines) is 1. The van der Waals surface area contributed by atoms with Gasteiger partial charge >= 0.3 is 0 Å². The Bertz CT molecular complexity index is 444. The van der Waals surface area contributed by atoms with E-state index in [1.54, 1.807) is 10.9 Å². The molecule has 3 rings (SSSR count). The predicted octanol–water partition coefficient (Wildman–Crippen LogP) is 1.03. The number of aromatic nitrogens is 2. The van der Waals surface area contributed by atoms with Gasteiger partial charge in [0.1, 0.15) is 6.04 Å². The van der Waals surface area contributed by atoms with Gasteiger partial charge in [-0.2, -0.15) is 5.10 Å². The van der Waals surface area contributed by atoms with Crippen LogP contribution in [0.3, 0.4) is 0 Å². The summed E-state index contributed by atoms with van der Waals surface area (Å²) in [6, 6.07) is 1.91. The van der Waals surface area contributed by atoms with Crippen LogP contribution in [0.25, 0.3) is 0 Å². The molecule has 5 heteroatoms. The quantitative estimate of drug-likeness (QED) is 0.866. The highest BCUT2D eigenvalue weighted by Gasteiger charge is 2.41. The van der Waals surface area contributed by atoms with Crippen LogP contribution in [0, 0.1) is 11.8 Å². The summed E-state index contributed by atoms with van der Waals surface area (Å²) >= 11 is 0.